The van der Waals surface area contributed by atoms with E-state index in [9.17, 15) is 5.11 Å². The van der Waals surface area contributed by atoms with E-state index in [4.69, 9.17) is 20.6 Å². The summed E-state index contributed by atoms with van der Waals surface area (Å²) in [5.41, 5.74) is 14.8. The first-order valence-corrected chi connectivity index (χ1v) is 7.63. The minimum Gasteiger partial charge on any atom is -0.493 e. The molecular weight excluding hydrogens is 310 g/mol. The highest BCUT2D eigenvalue weighted by Crippen LogP contribution is 2.28. The molecule has 3 aromatic heterocycles. The summed E-state index contributed by atoms with van der Waals surface area (Å²) in [7, 11) is 1.64. The second kappa shape index (κ2) is 6.50. The molecule has 1 aliphatic heterocycles. The Bertz CT molecular complexity index is 817. The Morgan fingerprint density at radius 2 is 2.12 bits per heavy atom. The number of aliphatic hydroxyl groups is 1. The van der Waals surface area contributed by atoms with Crippen LogP contribution in [0.1, 0.15) is 18.2 Å². The summed E-state index contributed by atoms with van der Waals surface area (Å²) < 4.78 is 10.2. The topological polar surface area (TPSA) is 124 Å². The van der Waals surface area contributed by atoms with Crippen LogP contribution < -0.4 is 16.2 Å². The van der Waals surface area contributed by atoms with Gasteiger partial charge in [0.25, 0.3) is 0 Å². The third-order valence-electron chi connectivity index (χ3n) is 3.78. The van der Waals surface area contributed by atoms with Gasteiger partial charge in [0.05, 0.1) is 18.9 Å². The smallest absolute Gasteiger partial charge is 0.222 e. The lowest BCUT2D eigenvalue weighted by Gasteiger charge is -2.15. The highest BCUT2D eigenvalue weighted by molar-refractivity contribution is 5.69. The van der Waals surface area contributed by atoms with Gasteiger partial charge in [0.15, 0.2) is 11.3 Å². The first-order valence-electron chi connectivity index (χ1n) is 7.63. The maximum atomic E-state index is 9.28. The van der Waals surface area contributed by atoms with Gasteiger partial charge in [0.2, 0.25) is 5.95 Å². The number of anilines is 2. The van der Waals surface area contributed by atoms with E-state index in [1.165, 1.54) is 0 Å². The molecule has 0 amide bonds. The van der Waals surface area contributed by atoms with Gasteiger partial charge in [-0.1, -0.05) is 0 Å². The number of aliphatic hydroxyl groups excluding tert-OH is 1. The number of hydrogen-bond donors (Lipinski definition) is 3. The van der Waals surface area contributed by atoms with Crippen molar-refractivity contribution in [3.05, 3.63) is 29.5 Å². The number of fused-ring (bicyclic) bond motifs is 3. The van der Waals surface area contributed by atoms with Crippen molar-refractivity contribution < 1.29 is 14.3 Å². The van der Waals surface area contributed by atoms with E-state index in [0.29, 0.717) is 25.5 Å². The third-order valence-corrected chi connectivity index (χ3v) is 3.78. The molecule has 8 heteroatoms. The van der Waals surface area contributed by atoms with Crippen LogP contribution in [0.5, 0.6) is 5.75 Å². The van der Waals surface area contributed by atoms with Crippen molar-refractivity contribution in [3.63, 3.8) is 0 Å². The van der Waals surface area contributed by atoms with Crippen LogP contribution in [0.25, 0.3) is 11.2 Å². The minimum atomic E-state index is -0.356. The van der Waals surface area contributed by atoms with Crippen molar-refractivity contribution in [2.75, 3.05) is 25.1 Å². The van der Waals surface area contributed by atoms with Gasteiger partial charge >= 0.3 is 0 Å². The predicted molar refractivity (Wildman–Crippen MR) is 90.6 cm³/mol. The average molecular weight is 331 g/mol. The fourth-order valence-corrected chi connectivity index (χ4v) is 2.79. The molecule has 0 radical (unpaired) electrons. The Balaban J connectivity index is 0.000000159. The third kappa shape index (κ3) is 3.34. The molecule has 0 aromatic carbocycles. The zero-order valence-corrected chi connectivity index (χ0v) is 13.7. The molecule has 0 aliphatic carbocycles. The molecule has 24 heavy (non-hydrogen) atoms. The van der Waals surface area contributed by atoms with Crippen LogP contribution in [0.4, 0.5) is 11.8 Å². The normalized spacial score (nSPS) is 15.1. The van der Waals surface area contributed by atoms with E-state index in [0.717, 1.165) is 28.2 Å². The van der Waals surface area contributed by atoms with Crippen LogP contribution in [0.15, 0.2) is 22.6 Å². The van der Waals surface area contributed by atoms with Gasteiger partial charge in [0, 0.05) is 31.3 Å². The molecular formula is C16H21N5O3. The number of rotatable bonds is 3. The van der Waals surface area contributed by atoms with Crippen molar-refractivity contribution in [1.82, 2.24) is 14.9 Å². The number of nitrogen functional groups attached to an aromatic ring is 2. The summed E-state index contributed by atoms with van der Waals surface area (Å²) in [5, 5.41) is 9.28. The number of furan rings is 2. The van der Waals surface area contributed by atoms with E-state index in [2.05, 4.69) is 14.9 Å². The van der Waals surface area contributed by atoms with Crippen LogP contribution in [-0.4, -0.2) is 39.7 Å². The maximum Gasteiger partial charge on any atom is 0.222 e. The Morgan fingerprint density at radius 3 is 2.67 bits per heavy atom. The highest BCUT2D eigenvalue weighted by Gasteiger charge is 2.24. The van der Waals surface area contributed by atoms with Crippen molar-refractivity contribution in [3.8, 4) is 5.75 Å². The molecule has 1 atom stereocenters. The molecule has 4 heterocycles. The number of β-amino-alcohol motifs (C(OH)–C–C–N with tert-alkyl or cyclic N) is 1. The number of hydrogen-bond acceptors (Lipinski definition) is 8. The molecule has 4 rings (SSSR count). The second-order valence-corrected chi connectivity index (χ2v) is 5.83. The SMILES string of the molecule is CC(O)CN1Cc2nc(N)nc(N)c2C1.COc1cc2ccc1o2. The van der Waals surface area contributed by atoms with E-state index < -0.39 is 0 Å². The molecule has 0 fully saturated rings. The maximum absolute atomic E-state index is 9.28. The summed E-state index contributed by atoms with van der Waals surface area (Å²) in [6, 6.07) is 5.68. The van der Waals surface area contributed by atoms with Gasteiger partial charge in [-0.15, -0.1) is 0 Å². The van der Waals surface area contributed by atoms with Gasteiger partial charge in [-0.3, -0.25) is 4.90 Å². The van der Waals surface area contributed by atoms with Crippen LogP contribution in [-0.2, 0) is 13.1 Å². The number of benzene rings is 1. The average Bonchev–Trinajstić information content (AvgIpc) is 3.21. The second-order valence-electron chi connectivity index (χ2n) is 5.83. The number of ether oxygens (including phenoxy) is 1. The quantitative estimate of drug-likeness (QED) is 0.654. The molecule has 1 unspecified atom stereocenters. The molecule has 1 aliphatic rings. The van der Waals surface area contributed by atoms with Crippen LogP contribution in [0.2, 0.25) is 0 Å². The predicted octanol–water partition coefficient (Wildman–Crippen LogP) is 1.22. The Morgan fingerprint density at radius 1 is 1.33 bits per heavy atom. The summed E-state index contributed by atoms with van der Waals surface area (Å²) in [5.74, 6) is 1.49. The Labute approximate surface area is 139 Å². The van der Waals surface area contributed by atoms with Gasteiger partial charge in [-0.2, -0.15) is 4.98 Å². The highest BCUT2D eigenvalue weighted by atomic mass is 16.5. The van der Waals surface area contributed by atoms with Crippen LogP contribution >= 0.6 is 0 Å². The number of nitrogens with two attached hydrogens (primary N) is 2. The lowest BCUT2D eigenvalue weighted by molar-refractivity contribution is 0.126. The molecule has 0 saturated heterocycles. The monoisotopic (exact) mass is 331 g/mol. The first kappa shape index (κ1) is 16.3. The van der Waals surface area contributed by atoms with E-state index in [-0.39, 0.29) is 12.1 Å². The summed E-state index contributed by atoms with van der Waals surface area (Å²) in [4.78, 5) is 10.1. The molecule has 128 valence electrons. The van der Waals surface area contributed by atoms with Crippen LogP contribution in [0, 0.1) is 0 Å². The molecule has 5 N–H and O–H groups in total. The van der Waals surface area contributed by atoms with E-state index in [1.54, 1.807) is 14.0 Å². The van der Waals surface area contributed by atoms with Gasteiger partial charge in [-0.05, 0) is 19.1 Å². The first-order chi connectivity index (χ1) is 11.5. The summed E-state index contributed by atoms with van der Waals surface area (Å²) in [6.45, 7) is 3.73. The molecule has 2 bridgehead atoms. The number of nitrogens with zero attached hydrogens (tertiary/aromatic N) is 3. The molecule has 3 aromatic rings. The van der Waals surface area contributed by atoms with Crippen LogP contribution in [0.3, 0.4) is 0 Å². The molecule has 0 spiro atoms. The van der Waals surface area contributed by atoms with E-state index in [1.807, 2.05) is 18.2 Å². The van der Waals surface area contributed by atoms with Gasteiger partial charge < -0.3 is 25.7 Å². The van der Waals surface area contributed by atoms with Gasteiger partial charge in [-0.25, -0.2) is 4.98 Å². The lowest BCUT2D eigenvalue weighted by Crippen LogP contribution is -2.26. The molecule has 0 saturated carbocycles. The zero-order chi connectivity index (χ0) is 17.3. The standard InChI is InChI=1S/C9H15N5O.C7H6O2/c1-5(15)2-14-3-6-7(4-14)12-9(11)13-8(6)10;1-8-7-4-5-2-3-6(7)9-5/h5,15H,2-4H2,1H3,(H4,10,11,12,13);2-4H,1H3. The largest absolute Gasteiger partial charge is 0.493 e. The van der Waals surface area contributed by atoms with Crippen molar-refractivity contribution in [1.29, 1.82) is 0 Å². The summed E-state index contributed by atoms with van der Waals surface area (Å²) in [6.07, 6.45) is -0.356. The number of aromatic nitrogens is 2. The van der Waals surface area contributed by atoms with Crippen molar-refractivity contribution >= 4 is 22.9 Å². The summed E-state index contributed by atoms with van der Waals surface area (Å²) >= 11 is 0. The van der Waals surface area contributed by atoms with E-state index >= 15 is 0 Å². The fraction of sp³-hybridized carbons (Fsp3) is 0.375. The van der Waals surface area contributed by atoms with Gasteiger partial charge in [0.1, 0.15) is 11.4 Å². The lowest BCUT2D eigenvalue weighted by atomic mass is 10.2. The zero-order valence-electron chi connectivity index (χ0n) is 13.7. The minimum absolute atomic E-state index is 0.213. The fourth-order valence-electron chi connectivity index (χ4n) is 2.79. The molecule has 8 nitrogen and oxygen atoms in total. The number of methoxy groups -OCH3 is 1. The van der Waals surface area contributed by atoms with Crippen molar-refractivity contribution in [2.24, 2.45) is 0 Å². The Kier molecular flexibility index (Phi) is 4.41. The van der Waals surface area contributed by atoms with Crippen molar-refractivity contribution in [2.45, 2.75) is 26.1 Å². The Hall–Kier alpha value is -2.58.